The van der Waals surface area contributed by atoms with Crippen LogP contribution in [-0.4, -0.2) is 13.0 Å². The van der Waals surface area contributed by atoms with E-state index in [4.69, 9.17) is 4.74 Å². The van der Waals surface area contributed by atoms with Crippen molar-refractivity contribution in [1.82, 2.24) is 0 Å². The van der Waals surface area contributed by atoms with E-state index in [0.717, 1.165) is 6.08 Å². The average molecular weight is 195 g/mol. The van der Waals surface area contributed by atoms with Crippen molar-refractivity contribution in [1.29, 1.82) is 0 Å². The summed E-state index contributed by atoms with van der Waals surface area (Å²) in [4.78, 5) is 11.0. The van der Waals surface area contributed by atoms with E-state index in [1.54, 1.807) is 0 Å². The van der Waals surface area contributed by atoms with E-state index in [1.165, 1.54) is 25.3 Å². The first-order valence-electron chi connectivity index (χ1n) is 3.94. The molecule has 1 aromatic carbocycles. The molecule has 1 aromatic rings. The lowest BCUT2D eigenvalue weighted by Gasteiger charge is -2.08. The van der Waals surface area contributed by atoms with Crippen molar-refractivity contribution in [3.8, 4) is 5.75 Å². The summed E-state index contributed by atoms with van der Waals surface area (Å²) in [5, 5.41) is 2.49. The van der Waals surface area contributed by atoms with Gasteiger partial charge >= 0.3 is 0 Å². The van der Waals surface area contributed by atoms with Gasteiger partial charge in [0, 0.05) is 6.07 Å². The summed E-state index contributed by atoms with van der Waals surface area (Å²) in [5.74, 6) is -0.506. The Hall–Kier alpha value is -1.84. The summed E-state index contributed by atoms with van der Waals surface area (Å²) in [6, 6.07) is 3.86. The van der Waals surface area contributed by atoms with Crippen LogP contribution in [0.3, 0.4) is 0 Å². The number of hydrogen-bond donors (Lipinski definition) is 1. The number of ether oxygens (including phenoxy) is 1. The fraction of sp³-hybridized carbons (Fsp3) is 0.100. The van der Waals surface area contributed by atoms with Crippen LogP contribution in [0.2, 0.25) is 0 Å². The zero-order valence-electron chi connectivity index (χ0n) is 7.71. The van der Waals surface area contributed by atoms with Gasteiger partial charge in [-0.1, -0.05) is 6.58 Å². The second-order valence-corrected chi connectivity index (χ2v) is 2.54. The Balaban J connectivity index is 2.96. The van der Waals surface area contributed by atoms with Gasteiger partial charge < -0.3 is 10.1 Å². The molecule has 0 spiro atoms. The summed E-state index contributed by atoms with van der Waals surface area (Å²) in [7, 11) is 1.40. The zero-order valence-corrected chi connectivity index (χ0v) is 7.71. The maximum absolute atomic E-state index is 12.7. The lowest BCUT2D eigenvalue weighted by atomic mass is 10.3. The van der Waals surface area contributed by atoms with Gasteiger partial charge in [0.15, 0.2) is 0 Å². The fourth-order valence-electron chi connectivity index (χ4n) is 0.952. The van der Waals surface area contributed by atoms with Crippen molar-refractivity contribution in [2.75, 3.05) is 12.4 Å². The molecule has 4 heteroatoms. The second-order valence-electron chi connectivity index (χ2n) is 2.54. The molecule has 0 radical (unpaired) electrons. The van der Waals surface area contributed by atoms with Gasteiger partial charge in [-0.25, -0.2) is 4.39 Å². The van der Waals surface area contributed by atoms with Crippen molar-refractivity contribution >= 4 is 11.6 Å². The molecular formula is C10H10FNO2. The van der Waals surface area contributed by atoms with Gasteiger partial charge in [0.25, 0.3) is 0 Å². The van der Waals surface area contributed by atoms with Crippen LogP contribution in [0.15, 0.2) is 30.9 Å². The first kappa shape index (κ1) is 10.2. The van der Waals surface area contributed by atoms with Gasteiger partial charge in [0.05, 0.1) is 12.8 Å². The van der Waals surface area contributed by atoms with Gasteiger partial charge in [-0.15, -0.1) is 0 Å². The van der Waals surface area contributed by atoms with Crippen molar-refractivity contribution in [2.45, 2.75) is 0 Å². The molecule has 0 bridgehead atoms. The Morgan fingerprint density at radius 1 is 1.64 bits per heavy atom. The summed E-state index contributed by atoms with van der Waals surface area (Å²) >= 11 is 0. The molecule has 1 N–H and O–H groups in total. The molecule has 0 fully saturated rings. The number of rotatable bonds is 3. The number of nitrogens with one attached hydrogen (secondary N) is 1. The van der Waals surface area contributed by atoms with Crippen molar-refractivity contribution in [2.24, 2.45) is 0 Å². The summed E-state index contributed by atoms with van der Waals surface area (Å²) in [5.41, 5.74) is 0.416. The van der Waals surface area contributed by atoms with E-state index in [2.05, 4.69) is 11.9 Å². The lowest BCUT2D eigenvalue weighted by molar-refractivity contribution is -0.111. The topological polar surface area (TPSA) is 38.3 Å². The largest absolute Gasteiger partial charge is 0.494 e. The molecule has 74 valence electrons. The van der Waals surface area contributed by atoms with E-state index in [-0.39, 0.29) is 11.7 Å². The molecule has 0 aromatic heterocycles. The van der Waals surface area contributed by atoms with Crippen LogP contribution >= 0.6 is 0 Å². The predicted octanol–water partition coefficient (Wildman–Crippen LogP) is 1.96. The molecule has 0 aliphatic rings. The molecule has 0 aliphatic heterocycles. The normalized spacial score (nSPS) is 9.29. The van der Waals surface area contributed by atoms with Gasteiger partial charge in [0.1, 0.15) is 11.6 Å². The smallest absolute Gasteiger partial charge is 0.247 e. The van der Waals surface area contributed by atoms with Crippen LogP contribution < -0.4 is 10.1 Å². The summed E-state index contributed by atoms with van der Waals surface area (Å²) in [6.45, 7) is 3.30. The van der Waals surface area contributed by atoms with Crippen molar-refractivity contribution in [3.63, 3.8) is 0 Å². The molecule has 0 atom stereocenters. The van der Waals surface area contributed by atoms with Gasteiger partial charge in [-0.05, 0) is 18.2 Å². The van der Waals surface area contributed by atoms with Gasteiger partial charge in [-0.3, -0.25) is 4.79 Å². The molecule has 1 amide bonds. The Morgan fingerprint density at radius 3 is 2.93 bits per heavy atom. The van der Waals surface area contributed by atoms with Gasteiger partial charge in [0.2, 0.25) is 5.91 Å². The molecule has 0 aliphatic carbocycles. The quantitative estimate of drug-likeness (QED) is 0.748. The van der Waals surface area contributed by atoms with Crippen LogP contribution in [0, 0.1) is 5.82 Å². The first-order chi connectivity index (χ1) is 6.67. The Morgan fingerprint density at radius 2 is 2.36 bits per heavy atom. The number of carbonyl (C=O) groups excluding carboxylic acids is 1. The number of carbonyl (C=O) groups is 1. The average Bonchev–Trinajstić information content (AvgIpc) is 2.20. The zero-order chi connectivity index (χ0) is 10.6. The highest BCUT2D eigenvalue weighted by Crippen LogP contribution is 2.24. The van der Waals surface area contributed by atoms with E-state index in [9.17, 15) is 9.18 Å². The lowest BCUT2D eigenvalue weighted by Crippen LogP contribution is -2.08. The number of amides is 1. The standard InChI is InChI=1S/C10H10FNO2/c1-3-10(13)12-8-5-4-7(11)6-9(8)14-2/h3-6H,1H2,2H3,(H,12,13). The number of hydrogen-bond acceptors (Lipinski definition) is 2. The van der Waals surface area contributed by atoms with Crippen LogP contribution in [0.5, 0.6) is 5.75 Å². The number of benzene rings is 1. The summed E-state index contributed by atoms with van der Waals surface area (Å²) in [6.07, 6.45) is 1.13. The van der Waals surface area contributed by atoms with E-state index in [1.807, 2.05) is 0 Å². The minimum atomic E-state index is -0.418. The van der Waals surface area contributed by atoms with Crippen LogP contribution in [0.1, 0.15) is 0 Å². The Bertz CT molecular complexity index is 363. The molecule has 3 nitrogen and oxygen atoms in total. The van der Waals surface area contributed by atoms with E-state index >= 15 is 0 Å². The van der Waals surface area contributed by atoms with Crippen LogP contribution in [0.4, 0.5) is 10.1 Å². The molecule has 0 saturated carbocycles. The molecular weight excluding hydrogens is 185 g/mol. The molecule has 1 rings (SSSR count). The molecule has 14 heavy (non-hydrogen) atoms. The SMILES string of the molecule is C=CC(=O)Nc1ccc(F)cc1OC. The Kier molecular flexibility index (Phi) is 3.23. The third-order valence-corrected chi connectivity index (χ3v) is 1.61. The monoisotopic (exact) mass is 195 g/mol. The minimum Gasteiger partial charge on any atom is -0.494 e. The van der Waals surface area contributed by atoms with Gasteiger partial charge in [-0.2, -0.15) is 0 Å². The summed E-state index contributed by atoms with van der Waals surface area (Å²) < 4.78 is 17.6. The van der Waals surface area contributed by atoms with E-state index < -0.39 is 5.82 Å². The number of halogens is 1. The van der Waals surface area contributed by atoms with Crippen LogP contribution in [-0.2, 0) is 4.79 Å². The molecule has 0 saturated heterocycles. The predicted molar refractivity (Wildman–Crippen MR) is 51.8 cm³/mol. The highest BCUT2D eigenvalue weighted by molar-refractivity contribution is 5.99. The van der Waals surface area contributed by atoms with Crippen LogP contribution in [0.25, 0.3) is 0 Å². The minimum absolute atomic E-state index is 0.278. The van der Waals surface area contributed by atoms with E-state index in [0.29, 0.717) is 5.69 Å². The molecule has 0 heterocycles. The molecule has 0 unspecified atom stereocenters. The first-order valence-corrected chi connectivity index (χ1v) is 3.94. The fourth-order valence-corrected chi connectivity index (χ4v) is 0.952. The third-order valence-electron chi connectivity index (χ3n) is 1.61. The Labute approximate surface area is 81.2 Å². The second kappa shape index (κ2) is 4.41. The third kappa shape index (κ3) is 2.32. The van der Waals surface area contributed by atoms with Crippen molar-refractivity contribution in [3.05, 3.63) is 36.7 Å². The maximum atomic E-state index is 12.7. The number of methoxy groups -OCH3 is 1. The highest BCUT2D eigenvalue weighted by atomic mass is 19.1. The van der Waals surface area contributed by atoms with Crippen molar-refractivity contribution < 1.29 is 13.9 Å². The maximum Gasteiger partial charge on any atom is 0.247 e. The highest BCUT2D eigenvalue weighted by Gasteiger charge is 2.05. The number of anilines is 1.